The van der Waals surface area contributed by atoms with E-state index in [-0.39, 0.29) is 11.5 Å². The van der Waals surface area contributed by atoms with Crippen LogP contribution in [0.4, 0.5) is 0 Å². The Kier molecular flexibility index (Phi) is 4.64. The second-order valence-corrected chi connectivity index (χ2v) is 7.41. The van der Waals surface area contributed by atoms with E-state index in [4.69, 9.17) is 4.74 Å². The number of amides is 1. The Labute approximate surface area is 154 Å². The molecule has 0 unspecified atom stereocenters. The SMILES string of the molecule is CC(=O)N1Cc2ccccc2OC2(CCN(Cc3cccnc3)CC2)C1. The Balaban J connectivity index is 1.50. The van der Waals surface area contributed by atoms with Crippen LogP contribution in [0.1, 0.15) is 30.9 Å². The fourth-order valence-corrected chi connectivity index (χ4v) is 3.96. The molecule has 26 heavy (non-hydrogen) atoms. The van der Waals surface area contributed by atoms with Crippen LogP contribution in [0, 0.1) is 0 Å². The molecule has 0 atom stereocenters. The molecule has 136 valence electrons. The molecule has 2 aromatic rings. The zero-order valence-corrected chi connectivity index (χ0v) is 15.2. The summed E-state index contributed by atoms with van der Waals surface area (Å²) in [4.78, 5) is 20.7. The average molecular weight is 351 g/mol. The lowest BCUT2D eigenvalue weighted by molar-refractivity contribution is -0.132. The monoisotopic (exact) mass is 351 g/mol. The molecule has 2 aliphatic heterocycles. The van der Waals surface area contributed by atoms with Crippen LogP contribution in [0.15, 0.2) is 48.8 Å². The van der Waals surface area contributed by atoms with E-state index in [0.717, 1.165) is 43.8 Å². The van der Waals surface area contributed by atoms with E-state index in [9.17, 15) is 4.79 Å². The standard InChI is InChI=1S/C21H25N3O2/c1-17(25)24-15-19-6-2-3-7-20(19)26-21(16-24)8-11-23(12-9-21)14-18-5-4-10-22-13-18/h2-7,10,13H,8-9,11-12,14-16H2,1H3. The van der Waals surface area contributed by atoms with Crippen molar-refractivity contribution in [2.24, 2.45) is 0 Å². The van der Waals surface area contributed by atoms with E-state index in [0.29, 0.717) is 13.1 Å². The third kappa shape index (κ3) is 3.58. The Bertz CT molecular complexity index is 770. The normalized spacial score (nSPS) is 19.5. The molecule has 0 saturated carbocycles. The summed E-state index contributed by atoms with van der Waals surface area (Å²) in [5.41, 5.74) is 2.04. The summed E-state index contributed by atoms with van der Waals surface area (Å²) in [5.74, 6) is 1.04. The van der Waals surface area contributed by atoms with Crippen molar-refractivity contribution in [1.29, 1.82) is 0 Å². The Morgan fingerprint density at radius 3 is 2.73 bits per heavy atom. The van der Waals surface area contributed by atoms with Gasteiger partial charge in [0, 0.05) is 63.9 Å². The second kappa shape index (κ2) is 7.08. The van der Waals surface area contributed by atoms with Crippen molar-refractivity contribution in [3.63, 3.8) is 0 Å². The number of nitrogens with zero attached hydrogens (tertiary/aromatic N) is 3. The molecule has 3 heterocycles. The summed E-state index contributed by atoms with van der Waals surface area (Å²) < 4.78 is 6.53. The number of benzene rings is 1. The number of hydrogen-bond acceptors (Lipinski definition) is 4. The molecular weight excluding hydrogens is 326 g/mol. The summed E-state index contributed by atoms with van der Waals surface area (Å²) in [7, 11) is 0. The molecule has 0 N–H and O–H groups in total. The quantitative estimate of drug-likeness (QED) is 0.835. The summed E-state index contributed by atoms with van der Waals surface area (Å²) in [5, 5.41) is 0. The molecule has 5 heteroatoms. The molecular formula is C21H25N3O2. The van der Waals surface area contributed by atoms with Crippen molar-refractivity contribution in [2.75, 3.05) is 19.6 Å². The van der Waals surface area contributed by atoms with Gasteiger partial charge in [0.25, 0.3) is 0 Å². The minimum absolute atomic E-state index is 0.113. The number of carbonyl (C=O) groups excluding carboxylic acids is 1. The molecule has 0 aliphatic carbocycles. The molecule has 1 aromatic heterocycles. The van der Waals surface area contributed by atoms with Crippen LogP contribution >= 0.6 is 0 Å². The number of pyridine rings is 1. The minimum Gasteiger partial charge on any atom is -0.485 e. The van der Waals surface area contributed by atoms with E-state index >= 15 is 0 Å². The van der Waals surface area contributed by atoms with Crippen molar-refractivity contribution < 1.29 is 9.53 Å². The van der Waals surface area contributed by atoms with Gasteiger partial charge in [0.1, 0.15) is 11.4 Å². The van der Waals surface area contributed by atoms with Crippen LogP contribution in [0.5, 0.6) is 5.75 Å². The maximum atomic E-state index is 12.1. The topological polar surface area (TPSA) is 45.7 Å². The maximum absolute atomic E-state index is 12.1. The van der Waals surface area contributed by atoms with Gasteiger partial charge in [0.2, 0.25) is 5.91 Å². The Morgan fingerprint density at radius 2 is 2.00 bits per heavy atom. The van der Waals surface area contributed by atoms with Crippen molar-refractivity contribution in [1.82, 2.24) is 14.8 Å². The number of aromatic nitrogens is 1. The number of hydrogen-bond donors (Lipinski definition) is 0. The first-order chi connectivity index (χ1) is 12.6. The predicted octanol–water partition coefficient (Wildman–Crippen LogP) is 2.86. The van der Waals surface area contributed by atoms with Gasteiger partial charge in [-0.3, -0.25) is 14.7 Å². The van der Waals surface area contributed by atoms with Crippen LogP contribution in [-0.2, 0) is 17.9 Å². The molecule has 0 bridgehead atoms. The third-order valence-electron chi connectivity index (χ3n) is 5.48. The molecule has 1 fully saturated rings. The van der Waals surface area contributed by atoms with Crippen molar-refractivity contribution >= 4 is 5.91 Å². The van der Waals surface area contributed by atoms with Gasteiger partial charge in [-0.2, -0.15) is 0 Å². The zero-order chi connectivity index (χ0) is 18.0. The van der Waals surface area contributed by atoms with E-state index in [1.165, 1.54) is 5.56 Å². The summed E-state index contributed by atoms with van der Waals surface area (Å²) in [6.07, 6.45) is 5.58. The molecule has 1 aromatic carbocycles. The predicted molar refractivity (Wildman–Crippen MR) is 99.6 cm³/mol. The molecule has 1 saturated heterocycles. The first-order valence-electron chi connectivity index (χ1n) is 9.27. The highest BCUT2D eigenvalue weighted by Crippen LogP contribution is 2.35. The van der Waals surface area contributed by atoms with Gasteiger partial charge in [-0.15, -0.1) is 0 Å². The van der Waals surface area contributed by atoms with Gasteiger partial charge in [0.05, 0.1) is 6.54 Å². The van der Waals surface area contributed by atoms with Crippen LogP contribution in [0.3, 0.4) is 0 Å². The van der Waals surface area contributed by atoms with Crippen molar-refractivity contribution in [2.45, 2.75) is 38.5 Å². The lowest BCUT2D eigenvalue weighted by Gasteiger charge is -2.42. The van der Waals surface area contributed by atoms with Crippen LogP contribution in [0.2, 0.25) is 0 Å². The fourth-order valence-electron chi connectivity index (χ4n) is 3.96. The zero-order valence-electron chi connectivity index (χ0n) is 15.2. The van der Waals surface area contributed by atoms with Gasteiger partial charge in [-0.25, -0.2) is 0 Å². The second-order valence-electron chi connectivity index (χ2n) is 7.41. The molecule has 5 nitrogen and oxygen atoms in total. The van der Waals surface area contributed by atoms with Gasteiger partial charge in [0.15, 0.2) is 0 Å². The highest BCUT2D eigenvalue weighted by atomic mass is 16.5. The van der Waals surface area contributed by atoms with Gasteiger partial charge >= 0.3 is 0 Å². The molecule has 1 amide bonds. The van der Waals surface area contributed by atoms with Crippen LogP contribution < -0.4 is 4.74 Å². The van der Waals surface area contributed by atoms with E-state index in [1.807, 2.05) is 41.6 Å². The molecule has 1 spiro atoms. The summed E-state index contributed by atoms with van der Waals surface area (Å²) >= 11 is 0. The van der Waals surface area contributed by atoms with Crippen LogP contribution in [0.25, 0.3) is 0 Å². The largest absolute Gasteiger partial charge is 0.485 e. The molecule has 4 rings (SSSR count). The number of rotatable bonds is 2. The van der Waals surface area contributed by atoms with Gasteiger partial charge in [-0.05, 0) is 17.7 Å². The number of carbonyl (C=O) groups is 1. The highest BCUT2D eigenvalue weighted by molar-refractivity contribution is 5.73. The minimum atomic E-state index is -0.288. The number of piperidine rings is 1. The van der Waals surface area contributed by atoms with Crippen molar-refractivity contribution in [3.8, 4) is 5.75 Å². The third-order valence-corrected chi connectivity index (χ3v) is 5.48. The molecule has 2 aliphatic rings. The summed E-state index contributed by atoms with van der Waals surface area (Å²) in [6.45, 7) is 5.78. The van der Waals surface area contributed by atoms with Crippen molar-refractivity contribution in [3.05, 3.63) is 59.9 Å². The first-order valence-corrected chi connectivity index (χ1v) is 9.27. The van der Waals surface area contributed by atoms with E-state index in [1.54, 1.807) is 6.92 Å². The van der Waals surface area contributed by atoms with E-state index in [2.05, 4.69) is 22.0 Å². The summed E-state index contributed by atoms with van der Waals surface area (Å²) in [6, 6.07) is 12.2. The lowest BCUT2D eigenvalue weighted by Crippen LogP contribution is -2.53. The Hall–Kier alpha value is -2.40. The number of likely N-dealkylation sites (tertiary alicyclic amines) is 1. The number of para-hydroxylation sites is 1. The van der Waals surface area contributed by atoms with Gasteiger partial charge < -0.3 is 9.64 Å². The van der Waals surface area contributed by atoms with E-state index < -0.39 is 0 Å². The average Bonchev–Trinajstić information content (AvgIpc) is 2.81. The first kappa shape index (κ1) is 17.0. The number of ether oxygens (including phenoxy) is 1. The smallest absolute Gasteiger partial charge is 0.219 e. The fraction of sp³-hybridized carbons (Fsp3) is 0.429. The lowest BCUT2D eigenvalue weighted by atomic mass is 9.90. The number of fused-ring (bicyclic) bond motifs is 1. The van der Waals surface area contributed by atoms with Crippen LogP contribution in [-0.4, -0.2) is 45.9 Å². The molecule has 0 radical (unpaired) electrons. The maximum Gasteiger partial charge on any atom is 0.219 e. The highest BCUT2D eigenvalue weighted by Gasteiger charge is 2.41. The van der Waals surface area contributed by atoms with Gasteiger partial charge in [-0.1, -0.05) is 24.3 Å². The Morgan fingerprint density at radius 1 is 1.19 bits per heavy atom.